The van der Waals surface area contributed by atoms with Crippen LogP contribution in [0.2, 0.25) is 5.02 Å². The zero-order chi connectivity index (χ0) is 20.1. The first-order valence-corrected chi connectivity index (χ1v) is 10.5. The fourth-order valence-corrected chi connectivity index (χ4v) is 4.30. The molecule has 0 radical (unpaired) electrons. The first-order valence-electron chi connectivity index (χ1n) is 8.67. The van der Waals surface area contributed by atoms with Crippen molar-refractivity contribution < 1.29 is 13.2 Å². The number of carbonyl (C=O) groups is 1. The molecule has 144 valence electrons. The van der Waals surface area contributed by atoms with Gasteiger partial charge < -0.3 is 5.32 Å². The van der Waals surface area contributed by atoms with Crippen molar-refractivity contribution in [3.8, 4) is 0 Å². The number of hydrogen-bond donors (Lipinski definition) is 2. The normalized spacial score (nSPS) is 11.1. The Morgan fingerprint density at radius 2 is 1.64 bits per heavy atom. The molecule has 0 aliphatic rings. The highest BCUT2D eigenvalue weighted by atomic mass is 35.5. The molecule has 0 atom stereocenters. The van der Waals surface area contributed by atoms with Crippen LogP contribution in [0.3, 0.4) is 0 Å². The Bertz CT molecular complexity index is 1100. The molecule has 3 rings (SSSR count). The van der Waals surface area contributed by atoms with Crippen LogP contribution in [-0.2, 0) is 16.4 Å². The zero-order valence-electron chi connectivity index (χ0n) is 15.1. The number of anilines is 2. The van der Waals surface area contributed by atoms with E-state index in [1.807, 2.05) is 25.1 Å². The van der Waals surface area contributed by atoms with Crippen LogP contribution in [0.15, 0.2) is 77.7 Å². The molecule has 0 aromatic heterocycles. The second-order valence-corrected chi connectivity index (χ2v) is 8.14. The van der Waals surface area contributed by atoms with Crippen LogP contribution in [0, 0.1) is 0 Å². The van der Waals surface area contributed by atoms with Crippen molar-refractivity contribution in [2.75, 3.05) is 10.0 Å². The lowest BCUT2D eigenvalue weighted by atomic mass is 10.1. The Kier molecular flexibility index (Phi) is 6.02. The van der Waals surface area contributed by atoms with E-state index in [2.05, 4.69) is 10.0 Å². The molecule has 0 aliphatic heterocycles. The molecule has 5 nitrogen and oxygen atoms in total. The second-order valence-electron chi connectivity index (χ2n) is 6.08. The van der Waals surface area contributed by atoms with Gasteiger partial charge in [-0.05, 0) is 48.4 Å². The van der Waals surface area contributed by atoms with E-state index in [9.17, 15) is 13.2 Å². The quantitative estimate of drug-likeness (QED) is 0.598. The van der Waals surface area contributed by atoms with Crippen LogP contribution in [0.1, 0.15) is 22.8 Å². The van der Waals surface area contributed by atoms with Gasteiger partial charge in [-0.25, -0.2) is 8.42 Å². The van der Waals surface area contributed by atoms with Crippen LogP contribution >= 0.6 is 11.6 Å². The predicted octanol–water partition coefficient (Wildman–Crippen LogP) is 4.96. The van der Waals surface area contributed by atoms with Gasteiger partial charge in [-0.3, -0.25) is 9.52 Å². The maximum absolute atomic E-state index is 12.7. The molecule has 7 heteroatoms. The van der Waals surface area contributed by atoms with Crippen molar-refractivity contribution in [3.05, 3.63) is 88.9 Å². The summed E-state index contributed by atoms with van der Waals surface area (Å²) >= 11 is 6.11. The van der Waals surface area contributed by atoms with Gasteiger partial charge in [0.15, 0.2) is 0 Å². The summed E-state index contributed by atoms with van der Waals surface area (Å²) in [5.74, 6) is -0.409. The van der Waals surface area contributed by atoms with Crippen LogP contribution in [0.4, 0.5) is 11.4 Å². The number of hydrogen-bond acceptors (Lipinski definition) is 3. The summed E-state index contributed by atoms with van der Waals surface area (Å²) in [5, 5.41) is 2.86. The molecule has 0 spiro atoms. The third kappa shape index (κ3) is 4.52. The smallest absolute Gasteiger partial charge is 0.263 e. The van der Waals surface area contributed by atoms with Gasteiger partial charge in [-0.15, -0.1) is 0 Å². The summed E-state index contributed by atoms with van der Waals surface area (Å²) in [6.45, 7) is 1.99. The summed E-state index contributed by atoms with van der Waals surface area (Å²) in [4.78, 5) is 12.5. The van der Waals surface area contributed by atoms with Crippen LogP contribution in [-0.4, -0.2) is 14.3 Å². The molecule has 0 fully saturated rings. The Balaban J connectivity index is 1.89. The molecule has 0 heterocycles. The lowest BCUT2D eigenvalue weighted by Crippen LogP contribution is -2.17. The number of amides is 1. The molecule has 1 amide bonds. The van der Waals surface area contributed by atoms with Gasteiger partial charge in [0.2, 0.25) is 0 Å². The molecular weight excluding hydrogens is 396 g/mol. The van der Waals surface area contributed by atoms with Crippen LogP contribution in [0.5, 0.6) is 0 Å². The maximum atomic E-state index is 12.7. The summed E-state index contributed by atoms with van der Waals surface area (Å²) in [6, 6.07) is 20.1. The van der Waals surface area contributed by atoms with E-state index in [4.69, 9.17) is 11.6 Å². The second kappa shape index (κ2) is 8.46. The van der Waals surface area contributed by atoms with Crippen molar-refractivity contribution in [3.63, 3.8) is 0 Å². The molecule has 0 saturated carbocycles. The minimum Gasteiger partial charge on any atom is -0.322 e. The molecule has 3 aromatic carbocycles. The van der Waals surface area contributed by atoms with Crippen molar-refractivity contribution in [2.45, 2.75) is 18.2 Å². The molecule has 0 aliphatic carbocycles. The summed E-state index contributed by atoms with van der Waals surface area (Å²) in [7, 11) is -3.95. The molecular formula is C21H19ClN2O3S. The molecule has 0 saturated heterocycles. The van der Waals surface area contributed by atoms with Gasteiger partial charge in [0.05, 0.1) is 5.02 Å². The van der Waals surface area contributed by atoms with Gasteiger partial charge in [0.1, 0.15) is 4.90 Å². The van der Waals surface area contributed by atoms with E-state index < -0.39 is 15.9 Å². The molecule has 0 bridgehead atoms. The van der Waals surface area contributed by atoms with E-state index in [1.54, 1.807) is 36.4 Å². The minimum atomic E-state index is -3.95. The van der Waals surface area contributed by atoms with Crippen molar-refractivity contribution in [1.82, 2.24) is 0 Å². The van der Waals surface area contributed by atoms with Crippen molar-refractivity contribution in [1.29, 1.82) is 0 Å². The van der Waals surface area contributed by atoms with Crippen molar-refractivity contribution in [2.24, 2.45) is 0 Å². The Morgan fingerprint density at radius 3 is 2.36 bits per heavy atom. The highest BCUT2D eigenvalue weighted by Crippen LogP contribution is 2.26. The largest absolute Gasteiger partial charge is 0.322 e. The average molecular weight is 415 g/mol. The highest BCUT2D eigenvalue weighted by Gasteiger charge is 2.20. The fourth-order valence-electron chi connectivity index (χ4n) is 2.71. The first kappa shape index (κ1) is 19.9. The highest BCUT2D eigenvalue weighted by molar-refractivity contribution is 7.92. The Labute approximate surface area is 169 Å². The van der Waals surface area contributed by atoms with Gasteiger partial charge in [0.25, 0.3) is 15.9 Å². The summed E-state index contributed by atoms with van der Waals surface area (Å²) < 4.78 is 27.9. The number of carbonyl (C=O) groups excluding carboxylic acids is 1. The number of rotatable bonds is 6. The SMILES string of the molecule is CCc1ccccc1NC(=O)c1ccc(Cl)c(S(=O)(=O)Nc2ccccc2)c1. The lowest BCUT2D eigenvalue weighted by molar-refractivity contribution is 0.102. The van der Waals surface area contributed by atoms with Gasteiger partial charge in [-0.2, -0.15) is 0 Å². The summed E-state index contributed by atoms with van der Waals surface area (Å²) in [5.41, 5.74) is 2.29. The van der Waals surface area contributed by atoms with E-state index in [0.29, 0.717) is 11.4 Å². The van der Waals surface area contributed by atoms with E-state index in [0.717, 1.165) is 12.0 Å². The maximum Gasteiger partial charge on any atom is 0.263 e. The average Bonchev–Trinajstić information content (AvgIpc) is 2.69. The van der Waals surface area contributed by atoms with Crippen molar-refractivity contribution >= 4 is 38.9 Å². The topological polar surface area (TPSA) is 75.3 Å². The number of para-hydroxylation sites is 2. The third-order valence-electron chi connectivity index (χ3n) is 4.16. The van der Waals surface area contributed by atoms with Crippen LogP contribution < -0.4 is 10.0 Å². The van der Waals surface area contributed by atoms with Gasteiger partial charge in [0, 0.05) is 16.9 Å². The Morgan fingerprint density at radius 1 is 0.964 bits per heavy atom. The number of benzene rings is 3. The molecule has 28 heavy (non-hydrogen) atoms. The van der Waals surface area contributed by atoms with Gasteiger partial charge in [-0.1, -0.05) is 54.9 Å². The predicted molar refractivity (Wildman–Crippen MR) is 112 cm³/mol. The third-order valence-corrected chi connectivity index (χ3v) is 6.02. The first-order chi connectivity index (χ1) is 13.4. The van der Waals surface area contributed by atoms with E-state index >= 15 is 0 Å². The monoisotopic (exact) mass is 414 g/mol. The molecule has 2 N–H and O–H groups in total. The standard InChI is InChI=1S/C21H19ClN2O3S/c1-2-15-8-6-7-11-19(15)23-21(25)16-12-13-18(22)20(14-16)28(26,27)24-17-9-4-3-5-10-17/h3-14,24H,2H2,1H3,(H,23,25). The van der Waals surface area contributed by atoms with Gasteiger partial charge >= 0.3 is 0 Å². The number of sulfonamides is 1. The minimum absolute atomic E-state index is 0.0361. The number of nitrogens with one attached hydrogen (secondary N) is 2. The van der Waals surface area contributed by atoms with E-state index in [1.165, 1.54) is 18.2 Å². The number of halogens is 1. The number of aryl methyl sites for hydroxylation is 1. The Hall–Kier alpha value is -2.83. The zero-order valence-corrected chi connectivity index (χ0v) is 16.7. The summed E-state index contributed by atoms with van der Waals surface area (Å²) in [6.07, 6.45) is 0.762. The lowest BCUT2D eigenvalue weighted by Gasteiger charge is -2.12. The molecule has 0 unspecified atom stereocenters. The fraction of sp³-hybridized carbons (Fsp3) is 0.0952. The molecule has 3 aromatic rings. The van der Waals surface area contributed by atoms with Crippen LogP contribution in [0.25, 0.3) is 0 Å². The van der Waals surface area contributed by atoms with E-state index in [-0.39, 0.29) is 15.5 Å².